The molecule has 0 bridgehead atoms. The Morgan fingerprint density at radius 3 is 1.89 bits per heavy atom. The zero-order valence-corrected chi connectivity index (χ0v) is 16.6. The van der Waals surface area contributed by atoms with Gasteiger partial charge in [0, 0.05) is 0 Å². The highest BCUT2D eigenvalue weighted by Crippen LogP contribution is 2.44. The minimum atomic E-state index is -4.79. The molecule has 0 heterocycles. The van der Waals surface area contributed by atoms with E-state index in [1.807, 2.05) is 60.7 Å². The summed E-state index contributed by atoms with van der Waals surface area (Å²) in [4.78, 5) is 18.5. The van der Waals surface area contributed by atoms with Gasteiger partial charge in [0.15, 0.2) is 5.75 Å². The van der Waals surface area contributed by atoms with Crippen LogP contribution in [0.2, 0.25) is 5.02 Å². The molecule has 0 aliphatic rings. The molecule has 5 nitrogen and oxygen atoms in total. The normalized spacial score (nSPS) is 11.4. The summed E-state index contributed by atoms with van der Waals surface area (Å²) >= 11 is 6.44. The summed E-state index contributed by atoms with van der Waals surface area (Å²) in [5.41, 5.74) is 3.88. The van der Waals surface area contributed by atoms with E-state index in [0.717, 1.165) is 11.1 Å². The maximum Gasteiger partial charge on any atom is 0.524 e. The lowest BCUT2D eigenvalue weighted by Gasteiger charge is -2.19. The molecule has 0 radical (unpaired) electrons. The fourth-order valence-electron chi connectivity index (χ4n) is 3.13. The van der Waals surface area contributed by atoms with E-state index in [-0.39, 0.29) is 17.4 Å². The lowest BCUT2D eigenvalue weighted by Crippen LogP contribution is -2.06. The summed E-state index contributed by atoms with van der Waals surface area (Å²) in [6.07, 6.45) is 0.864. The van der Waals surface area contributed by atoms with Crippen molar-refractivity contribution in [1.82, 2.24) is 0 Å². The molecule has 0 aliphatic heterocycles. The first-order valence-corrected chi connectivity index (χ1v) is 10.5. The molecule has 28 heavy (non-hydrogen) atoms. The number of phosphoric acid groups is 1. The van der Waals surface area contributed by atoms with E-state index in [0.29, 0.717) is 29.5 Å². The van der Waals surface area contributed by atoms with Gasteiger partial charge in [-0.15, -0.1) is 0 Å². The van der Waals surface area contributed by atoms with Crippen LogP contribution in [-0.2, 0) is 24.0 Å². The van der Waals surface area contributed by atoms with Gasteiger partial charge in [-0.3, -0.25) is 9.79 Å². The highest BCUT2D eigenvalue weighted by molar-refractivity contribution is 7.46. The maximum absolute atomic E-state index is 11.4. The minimum absolute atomic E-state index is 0.0908. The van der Waals surface area contributed by atoms with Gasteiger partial charge in [-0.2, -0.15) is 0 Å². The summed E-state index contributed by atoms with van der Waals surface area (Å²) in [6.45, 7) is -0.250. The zero-order chi connectivity index (χ0) is 20.1. The lowest BCUT2D eigenvalue weighted by molar-refractivity contribution is 0.278. The average molecular weight is 419 g/mol. The molecule has 3 N–H and O–H groups in total. The third-order valence-corrected chi connectivity index (χ3v) is 5.22. The first-order chi connectivity index (χ1) is 13.4. The van der Waals surface area contributed by atoms with Crippen molar-refractivity contribution < 1.29 is 24.0 Å². The number of hydrogen-bond acceptors (Lipinski definition) is 3. The second-order valence-electron chi connectivity index (χ2n) is 6.37. The molecular formula is C21H20ClO5P. The highest BCUT2D eigenvalue weighted by atomic mass is 35.5. The Bertz CT molecular complexity index is 987. The Hall–Kier alpha value is -2.14. The predicted octanol–water partition coefficient (Wildman–Crippen LogP) is 4.49. The molecule has 3 aromatic carbocycles. The average Bonchev–Trinajstić information content (AvgIpc) is 2.66. The van der Waals surface area contributed by atoms with Gasteiger partial charge in [0.2, 0.25) is 0 Å². The van der Waals surface area contributed by atoms with Gasteiger partial charge in [0.1, 0.15) is 0 Å². The van der Waals surface area contributed by atoms with Crippen LogP contribution in [0.4, 0.5) is 0 Å². The quantitative estimate of drug-likeness (QED) is 0.492. The summed E-state index contributed by atoms with van der Waals surface area (Å²) in [5.74, 6) is -0.0935. The van der Waals surface area contributed by atoms with E-state index >= 15 is 0 Å². The Kier molecular flexibility index (Phi) is 6.55. The van der Waals surface area contributed by atoms with E-state index in [4.69, 9.17) is 16.1 Å². The maximum atomic E-state index is 11.4. The summed E-state index contributed by atoms with van der Waals surface area (Å²) in [5, 5.41) is 10.1. The van der Waals surface area contributed by atoms with Crippen molar-refractivity contribution in [3.8, 4) is 5.75 Å². The number of benzene rings is 3. The highest BCUT2D eigenvalue weighted by Gasteiger charge is 2.23. The van der Waals surface area contributed by atoms with Gasteiger partial charge in [0.25, 0.3) is 0 Å². The smallest absolute Gasteiger partial charge is 0.403 e. The van der Waals surface area contributed by atoms with Crippen LogP contribution in [0.15, 0.2) is 66.7 Å². The lowest BCUT2D eigenvalue weighted by atomic mass is 9.92. The number of aliphatic hydroxyl groups is 1. The van der Waals surface area contributed by atoms with Crippen molar-refractivity contribution in [3.05, 3.63) is 99.6 Å². The first kappa shape index (κ1) is 20.6. The van der Waals surface area contributed by atoms with E-state index < -0.39 is 7.82 Å². The molecule has 0 aliphatic carbocycles. The van der Waals surface area contributed by atoms with Crippen molar-refractivity contribution >= 4 is 19.4 Å². The van der Waals surface area contributed by atoms with Gasteiger partial charge >= 0.3 is 7.82 Å². The Labute approximate surface area is 168 Å². The summed E-state index contributed by atoms with van der Waals surface area (Å²) < 4.78 is 16.3. The predicted molar refractivity (Wildman–Crippen MR) is 109 cm³/mol. The topological polar surface area (TPSA) is 87.0 Å². The fourth-order valence-corrected chi connectivity index (χ4v) is 3.86. The molecule has 0 atom stereocenters. The third kappa shape index (κ3) is 5.22. The first-order valence-electron chi connectivity index (χ1n) is 8.64. The van der Waals surface area contributed by atoms with Crippen molar-refractivity contribution in [2.24, 2.45) is 0 Å². The second kappa shape index (κ2) is 8.91. The van der Waals surface area contributed by atoms with Crippen LogP contribution in [0, 0.1) is 0 Å². The fraction of sp³-hybridized carbons (Fsp3) is 0.143. The Balaban J connectivity index is 2.12. The molecule has 7 heteroatoms. The molecule has 0 amide bonds. The van der Waals surface area contributed by atoms with E-state index in [1.54, 1.807) is 0 Å². The number of phosphoric ester groups is 1. The van der Waals surface area contributed by atoms with E-state index in [2.05, 4.69) is 0 Å². The van der Waals surface area contributed by atoms with E-state index in [9.17, 15) is 19.5 Å². The third-order valence-electron chi connectivity index (χ3n) is 4.38. The molecule has 3 aromatic rings. The van der Waals surface area contributed by atoms with Crippen LogP contribution < -0.4 is 4.52 Å². The molecule has 146 valence electrons. The van der Waals surface area contributed by atoms with Crippen molar-refractivity contribution in [2.75, 3.05) is 0 Å². The van der Waals surface area contributed by atoms with Gasteiger partial charge in [-0.25, -0.2) is 4.57 Å². The molecule has 3 rings (SSSR count). The SMILES string of the molecule is O=P(O)(O)Oc1cc(Cc2ccccc2)c(CO)c(Cc2ccccc2)c1Cl. The van der Waals surface area contributed by atoms with Crippen LogP contribution in [0.25, 0.3) is 0 Å². The molecule has 0 saturated carbocycles. The number of halogens is 1. The van der Waals surface area contributed by atoms with Crippen LogP contribution >= 0.6 is 19.4 Å². The monoisotopic (exact) mass is 418 g/mol. The van der Waals surface area contributed by atoms with Crippen LogP contribution in [0.1, 0.15) is 27.8 Å². The number of aliphatic hydroxyl groups excluding tert-OH is 1. The van der Waals surface area contributed by atoms with Gasteiger partial charge < -0.3 is 9.63 Å². The van der Waals surface area contributed by atoms with Crippen LogP contribution in [-0.4, -0.2) is 14.9 Å². The van der Waals surface area contributed by atoms with Gasteiger partial charge in [-0.05, 0) is 46.7 Å². The Morgan fingerprint density at radius 1 is 0.857 bits per heavy atom. The van der Waals surface area contributed by atoms with Crippen LogP contribution in [0.3, 0.4) is 0 Å². The number of rotatable bonds is 7. The minimum Gasteiger partial charge on any atom is -0.403 e. The largest absolute Gasteiger partial charge is 0.524 e. The molecule has 0 fully saturated rings. The van der Waals surface area contributed by atoms with Gasteiger partial charge in [0.05, 0.1) is 11.6 Å². The molecular weight excluding hydrogens is 399 g/mol. The van der Waals surface area contributed by atoms with Gasteiger partial charge in [-0.1, -0.05) is 72.3 Å². The van der Waals surface area contributed by atoms with Crippen LogP contribution in [0.5, 0.6) is 5.75 Å². The molecule has 0 unspecified atom stereocenters. The second-order valence-corrected chi connectivity index (χ2v) is 7.91. The molecule has 0 saturated heterocycles. The number of hydrogen-bond donors (Lipinski definition) is 3. The summed E-state index contributed by atoms with van der Waals surface area (Å²) in [7, 11) is -4.79. The standard InChI is InChI=1S/C21H20ClO5P/c22-21-18(12-16-9-5-2-6-10-16)19(14-23)17(11-15-7-3-1-4-8-15)13-20(21)27-28(24,25)26/h1-10,13,23H,11-12,14H2,(H2,24,25,26). The molecule has 0 aromatic heterocycles. The van der Waals surface area contributed by atoms with Crippen molar-refractivity contribution in [3.63, 3.8) is 0 Å². The molecule has 0 spiro atoms. The van der Waals surface area contributed by atoms with Crippen molar-refractivity contribution in [1.29, 1.82) is 0 Å². The Morgan fingerprint density at radius 2 is 1.39 bits per heavy atom. The summed E-state index contributed by atoms with van der Waals surface area (Å²) in [6, 6.07) is 20.6. The zero-order valence-electron chi connectivity index (χ0n) is 15.0. The van der Waals surface area contributed by atoms with E-state index in [1.165, 1.54) is 6.07 Å². The van der Waals surface area contributed by atoms with Crippen molar-refractivity contribution in [2.45, 2.75) is 19.4 Å².